The normalized spacial score (nSPS) is 12.4. The first-order valence-electron chi connectivity index (χ1n) is 36.8. The number of unbranched alkanes of at least 4 members (excludes halogenated alkanes) is 47. The van der Waals surface area contributed by atoms with Gasteiger partial charge in [0.1, 0.15) is 13.2 Å². The molecule has 0 amide bonds. The minimum Gasteiger partial charge on any atom is -0.462 e. The molecule has 83 heavy (non-hydrogen) atoms. The minimum atomic E-state index is -0.773. The van der Waals surface area contributed by atoms with E-state index in [-0.39, 0.29) is 31.1 Å². The van der Waals surface area contributed by atoms with Crippen molar-refractivity contribution in [2.45, 2.75) is 399 Å². The number of esters is 3. The summed E-state index contributed by atoms with van der Waals surface area (Å²) in [5.41, 5.74) is 0. The summed E-state index contributed by atoms with van der Waals surface area (Å²) in [5.74, 6) is -0.848. The lowest BCUT2D eigenvalue weighted by molar-refractivity contribution is -0.167. The van der Waals surface area contributed by atoms with Crippen molar-refractivity contribution in [2.75, 3.05) is 13.2 Å². The van der Waals surface area contributed by atoms with Gasteiger partial charge in [-0.3, -0.25) is 14.4 Å². The number of carbonyl (C=O) groups excluding carboxylic acids is 3. The zero-order valence-electron chi connectivity index (χ0n) is 55.7. The molecule has 1 atom stereocenters. The van der Waals surface area contributed by atoms with E-state index in [4.69, 9.17) is 14.2 Å². The predicted octanol–water partition coefficient (Wildman–Crippen LogP) is 25.5. The Morgan fingerprint density at radius 1 is 0.241 bits per heavy atom. The molecule has 0 aliphatic carbocycles. The fourth-order valence-corrected chi connectivity index (χ4v) is 11.0. The van der Waals surface area contributed by atoms with E-state index in [9.17, 15) is 14.4 Å². The van der Waals surface area contributed by atoms with Crippen molar-refractivity contribution in [3.63, 3.8) is 0 Å². The molecule has 0 rings (SSSR count). The van der Waals surface area contributed by atoms with Crippen molar-refractivity contribution in [3.8, 4) is 0 Å². The summed E-state index contributed by atoms with van der Waals surface area (Å²) in [6.45, 7) is 6.67. The third-order valence-corrected chi connectivity index (χ3v) is 16.5. The Morgan fingerprint density at radius 2 is 0.434 bits per heavy atom. The molecule has 0 saturated carbocycles. The number of carbonyl (C=O) groups is 3. The SMILES string of the molecule is CCCCCCC/C=C\C/C=C\C/C=C\CCCCCCCCCCCCCCC(=O)OCC(COC(=O)CCCCCCCCCCCCC)OC(=O)CCCCCCCCCCCCCCCCC/C=C\C/C=C\CCCCCCC. The smallest absolute Gasteiger partial charge is 0.306 e. The summed E-state index contributed by atoms with van der Waals surface area (Å²) in [4.78, 5) is 38.4. The molecule has 0 fully saturated rings. The maximum atomic E-state index is 13.0. The average molecular weight is 1160 g/mol. The fourth-order valence-electron chi connectivity index (χ4n) is 11.0. The van der Waals surface area contributed by atoms with Crippen LogP contribution in [0.3, 0.4) is 0 Å². The zero-order valence-corrected chi connectivity index (χ0v) is 55.7. The molecule has 0 N–H and O–H groups in total. The number of hydrogen-bond acceptors (Lipinski definition) is 6. The highest BCUT2D eigenvalue weighted by Gasteiger charge is 2.19. The summed E-state index contributed by atoms with van der Waals surface area (Å²) in [7, 11) is 0. The third-order valence-electron chi connectivity index (χ3n) is 16.5. The van der Waals surface area contributed by atoms with Gasteiger partial charge in [-0.1, -0.05) is 345 Å². The van der Waals surface area contributed by atoms with Gasteiger partial charge in [-0.15, -0.1) is 0 Å². The van der Waals surface area contributed by atoms with Gasteiger partial charge in [0.2, 0.25) is 0 Å². The van der Waals surface area contributed by atoms with E-state index in [1.54, 1.807) is 0 Å². The van der Waals surface area contributed by atoms with E-state index >= 15 is 0 Å². The minimum absolute atomic E-state index is 0.0697. The second-order valence-electron chi connectivity index (χ2n) is 24.9. The Kier molecular flexibility index (Phi) is 69.1. The number of allylic oxidation sites excluding steroid dienone is 10. The van der Waals surface area contributed by atoms with Gasteiger partial charge in [-0.25, -0.2) is 0 Å². The van der Waals surface area contributed by atoms with Crippen LogP contribution in [0.5, 0.6) is 0 Å². The summed E-state index contributed by atoms with van der Waals surface area (Å²) in [5, 5.41) is 0. The number of rotatable bonds is 68. The summed E-state index contributed by atoms with van der Waals surface area (Å²) in [6.07, 6.45) is 92.6. The molecule has 0 aliphatic rings. The molecular weight excluding hydrogens is 1020 g/mol. The van der Waals surface area contributed by atoms with Gasteiger partial charge in [0.15, 0.2) is 6.10 Å². The van der Waals surface area contributed by atoms with Gasteiger partial charge in [0.25, 0.3) is 0 Å². The molecule has 484 valence electrons. The van der Waals surface area contributed by atoms with Gasteiger partial charge in [-0.05, 0) is 89.9 Å². The molecule has 0 spiro atoms. The summed E-state index contributed by atoms with van der Waals surface area (Å²) >= 11 is 0. The number of hydrogen-bond donors (Lipinski definition) is 0. The van der Waals surface area contributed by atoms with Crippen molar-refractivity contribution in [1.82, 2.24) is 0 Å². The van der Waals surface area contributed by atoms with Gasteiger partial charge in [0, 0.05) is 19.3 Å². The topological polar surface area (TPSA) is 78.9 Å². The number of ether oxygens (including phenoxy) is 3. The summed E-state index contributed by atoms with van der Waals surface area (Å²) in [6, 6.07) is 0. The lowest BCUT2D eigenvalue weighted by atomic mass is 10.0. The van der Waals surface area contributed by atoms with E-state index in [0.29, 0.717) is 19.3 Å². The van der Waals surface area contributed by atoms with E-state index < -0.39 is 6.10 Å². The van der Waals surface area contributed by atoms with Crippen LogP contribution < -0.4 is 0 Å². The van der Waals surface area contributed by atoms with E-state index in [1.165, 1.54) is 276 Å². The van der Waals surface area contributed by atoms with Crippen molar-refractivity contribution >= 4 is 17.9 Å². The van der Waals surface area contributed by atoms with Crippen LogP contribution >= 0.6 is 0 Å². The van der Waals surface area contributed by atoms with E-state index in [0.717, 1.165) is 77.0 Å². The van der Waals surface area contributed by atoms with Crippen molar-refractivity contribution in [1.29, 1.82) is 0 Å². The van der Waals surface area contributed by atoms with Crippen molar-refractivity contribution in [3.05, 3.63) is 60.8 Å². The van der Waals surface area contributed by atoms with Gasteiger partial charge in [-0.2, -0.15) is 0 Å². The van der Waals surface area contributed by atoms with Crippen LogP contribution in [0.25, 0.3) is 0 Å². The largest absolute Gasteiger partial charge is 0.462 e. The molecule has 0 bridgehead atoms. The molecule has 0 saturated heterocycles. The highest BCUT2D eigenvalue weighted by molar-refractivity contribution is 5.71. The predicted molar refractivity (Wildman–Crippen MR) is 362 cm³/mol. The first kappa shape index (κ1) is 80.1. The maximum Gasteiger partial charge on any atom is 0.306 e. The lowest BCUT2D eigenvalue weighted by Gasteiger charge is -2.18. The lowest BCUT2D eigenvalue weighted by Crippen LogP contribution is -2.30. The van der Waals surface area contributed by atoms with Gasteiger partial charge in [0.05, 0.1) is 0 Å². The Hall–Kier alpha value is -2.89. The molecule has 0 heterocycles. The van der Waals surface area contributed by atoms with Crippen LogP contribution in [0.15, 0.2) is 60.8 Å². The van der Waals surface area contributed by atoms with Gasteiger partial charge >= 0.3 is 17.9 Å². The van der Waals surface area contributed by atoms with Crippen molar-refractivity contribution in [2.24, 2.45) is 0 Å². The fraction of sp³-hybridized carbons (Fsp3) is 0.831. The van der Waals surface area contributed by atoms with E-state index in [2.05, 4.69) is 81.5 Å². The molecule has 0 aromatic carbocycles. The first-order chi connectivity index (χ1) is 41.0. The van der Waals surface area contributed by atoms with Crippen LogP contribution in [0.1, 0.15) is 393 Å². The molecule has 0 radical (unpaired) electrons. The van der Waals surface area contributed by atoms with Crippen molar-refractivity contribution < 1.29 is 28.6 Å². The third kappa shape index (κ3) is 69.8. The second-order valence-corrected chi connectivity index (χ2v) is 24.9. The Bertz CT molecular complexity index is 1470. The van der Waals surface area contributed by atoms with Crippen LogP contribution in [0.4, 0.5) is 0 Å². The molecule has 6 heteroatoms. The molecule has 6 nitrogen and oxygen atoms in total. The molecular formula is C77H140O6. The standard InChI is InChI=1S/C77H140O6/c1-4-7-10-13-16-19-22-24-26-28-30-32-34-36-38-40-42-44-46-48-50-52-55-58-61-64-67-70-76(79)82-73-74(72-81-75(78)69-66-63-60-57-54-21-18-15-12-9-6-3)83-77(80)71-68-65-62-59-56-53-51-49-47-45-43-41-39-37-35-33-31-29-27-25-23-20-17-14-11-8-5-2/h22-25,28-31,34,36,74H,4-21,26-27,32-33,35,37-73H2,1-3H3/b24-22-,25-23-,30-28-,31-29-,36-34-. The quantitative estimate of drug-likeness (QED) is 0.0261. The monoisotopic (exact) mass is 1160 g/mol. The second kappa shape index (κ2) is 71.6. The average Bonchev–Trinajstić information content (AvgIpc) is 3.48. The maximum absolute atomic E-state index is 13.0. The Morgan fingerprint density at radius 3 is 0.675 bits per heavy atom. The Balaban J connectivity index is 4.18. The molecule has 0 aromatic heterocycles. The molecule has 1 unspecified atom stereocenters. The zero-order chi connectivity index (χ0) is 59.9. The van der Waals surface area contributed by atoms with E-state index in [1.807, 2.05) is 0 Å². The summed E-state index contributed by atoms with van der Waals surface area (Å²) < 4.78 is 17.0. The molecule has 0 aliphatic heterocycles. The highest BCUT2D eigenvalue weighted by atomic mass is 16.6. The molecule has 0 aromatic rings. The highest BCUT2D eigenvalue weighted by Crippen LogP contribution is 2.18. The van der Waals surface area contributed by atoms with Gasteiger partial charge < -0.3 is 14.2 Å². The Labute approximate surface area is 517 Å². The van der Waals surface area contributed by atoms with Crippen LogP contribution in [-0.2, 0) is 28.6 Å². The first-order valence-corrected chi connectivity index (χ1v) is 36.8. The van der Waals surface area contributed by atoms with Crippen LogP contribution in [-0.4, -0.2) is 37.2 Å². The van der Waals surface area contributed by atoms with Crippen LogP contribution in [0, 0.1) is 0 Å². The van der Waals surface area contributed by atoms with Crippen LogP contribution in [0.2, 0.25) is 0 Å².